The van der Waals surface area contributed by atoms with Crippen LogP contribution in [0, 0.1) is 6.92 Å². The molecular weight excluding hydrogens is 346 g/mol. The number of hydrogen-bond donors (Lipinski definition) is 4. The third kappa shape index (κ3) is 5.46. The van der Waals surface area contributed by atoms with E-state index in [4.69, 9.17) is 4.74 Å². The number of nitrogens with one attached hydrogen (secondary N) is 3. The van der Waals surface area contributed by atoms with Gasteiger partial charge in [0.25, 0.3) is 5.91 Å². The Bertz CT molecular complexity index is 790. The molecule has 3 amide bonds. The number of urea groups is 1. The molecule has 1 unspecified atom stereocenters. The van der Waals surface area contributed by atoms with E-state index in [2.05, 4.69) is 16.0 Å². The summed E-state index contributed by atoms with van der Waals surface area (Å²) in [7, 11) is 3.02. The van der Waals surface area contributed by atoms with Crippen LogP contribution in [0.25, 0.3) is 0 Å². The van der Waals surface area contributed by atoms with Crippen molar-refractivity contribution in [1.29, 1.82) is 0 Å². The molecule has 0 heterocycles. The summed E-state index contributed by atoms with van der Waals surface area (Å²) in [6, 6.07) is 11.7. The van der Waals surface area contributed by atoms with Crippen LogP contribution in [0.3, 0.4) is 0 Å². The van der Waals surface area contributed by atoms with E-state index < -0.39 is 6.03 Å². The number of aliphatic hydroxyl groups is 1. The zero-order valence-corrected chi connectivity index (χ0v) is 15.7. The lowest BCUT2D eigenvalue weighted by molar-refractivity contribution is 0.0963. The van der Waals surface area contributed by atoms with Gasteiger partial charge in [-0.15, -0.1) is 0 Å². The maximum atomic E-state index is 12.5. The number of aryl methyl sites for hydroxylation is 1. The fourth-order valence-corrected chi connectivity index (χ4v) is 2.66. The highest BCUT2D eigenvalue weighted by molar-refractivity contribution is 5.98. The monoisotopic (exact) mass is 371 g/mol. The molecule has 27 heavy (non-hydrogen) atoms. The highest BCUT2D eigenvalue weighted by Gasteiger charge is 2.16. The summed E-state index contributed by atoms with van der Waals surface area (Å²) in [5, 5.41) is 17.4. The fraction of sp³-hybridized carbons (Fsp3) is 0.300. The molecular formula is C20H25N3O4. The first-order valence-corrected chi connectivity index (χ1v) is 8.63. The summed E-state index contributed by atoms with van der Waals surface area (Å²) >= 11 is 0. The number of aliphatic hydroxyl groups excluding tert-OH is 1. The largest absolute Gasteiger partial charge is 0.495 e. The van der Waals surface area contributed by atoms with Crippen molar-refractivity contribution >= 4 is 17.6 Å². The van der Waals surface area contributed by atoms with E-state index in [1.54, 1.807) is 18.2 Å². The van der Waals surface area contributed by atoms with Gasteiger partial charge in [0.05, 0.1) is 18.8 Å². The number of carbonyl (C=O) groups excluding carboxylic acids is 2. The lowest BCUT2D eigenvalue weighted by Crippen LogP contribution is -2.33. The molecule has 0 aliphatic rings. The molecule has 144 valence electrons. The minimum atomic E-state index is -0.457. The van der Waals surface area contributed by atoms with Crippen LogP contribution in [0.4, 0.5) is 10.5 Å². The first-order valence-electron chi connectivity index (χ1n) is 8.63. The third-order valence-electron chi connectivity index (χ3n) is 4.14. The van der Waals surface area contributed by atoms with Crippen LogP contribution in [0.1, 0.15) is 33.9 Å². The summed E-state index contributed by atoms with van der Waals surface area (Å²) in [5.74, 6) is 0.172. The summed E-state index contributed by atoms with van der Waals surface area (Å²) < 4.78 is 5.25. The Labute approximate surface area is 158 Å². The summed E-state index contributed by atoms with van der Waals surface area (Å²) in [6.45, 7) is 1.92. The second kappa shape index (κ2) is 9.59. The van der Waals surface area contributed by atoms with Crippen LogP contribution in [0.5, 0.6) is 5.75 Å². The molecule has 0 aliphatic heterocycles. The molecule has 2 rings (SSSR count). The Balaban J connectivity index is 2.17. The van der Waals surface area contributed by atoms with Crippen molar-refractivity contribution in [3.63, 3.8) is 0 Å². The second-order valence-corrected chi connectivity index (χ2v) is 6.07. The van der Waals surface area contributed by atoms with Crippen LogP contribution in [0.2, 0.25) is 0 Å². The van der Waals surface area contributed by atoms with Crippen molar-refractivity contribution in [2.75, 3.05) is 26.1 Å². The zero-order valence-electron chi connectivity index (χ0n) is 15.7. The van der Waals surface area contributed by atoms with Gasteiger partial charge >= 0.3 is 6.03 Å². The van der Waals surface area contributed by atoms with Crippen molar-refractivity contribution < 1.29 is 19.4 Å². The molecule has 2 aromatic rings. The van der Waals surface area contributed by atoms with Gasteiger partial charge in [-0.05, 0) is 37.1 Å². The average molecular weight is 371 g/mol. The number of anilines is 1. The Morgan fingerprint density at radius 1 is 1.15 bits per heavy atom. The number of hydrogen-bond acceptors (Lipinski definition) is 4. The summed E-state index contributed by atoms with van der Waals surface area (Å²) in [5.41, 5.74) is 2.79. The first-order chi connectivity index (χ1) is 13.0. The minimum Gasteiger partial charge on any atom is -0.495 e. The molecule has 7 nitrogen and oxygen atoms in total. The standard InChI is InChI=1S/C20H25N3O4/c1-13-4-6-14(7-5-13)16(10-11-24)22-20(26)23-17-12-15(19(25)21-2)8-9-18(17)27-3/h4-9,12,16,24H,10-11H2,1-3H3,(H,21,25)(H2,22,23,26). The first kappa shape index (κ1) is 20.3. The van der Waals surface area contributed by atoms with Crippen molar-refractivity contribution in [1.82, 2.24) is 10.6 Å². The Morgan fingerprint density at radius 3 is 2.44 bits per heavy atom. The van der Waals surface area contributed by atoms with E-state index in [0.29, 0.717) is 23.4 Å². The van der Waals surface area contributed by atoms with Crippen LogP contribution < -0.4 is 20.7 Å². The quantitative estimate of drug-likeness (QED) is 0.601. The van der Waals surface area contributed by atoms with Gasteiger partial charge in [0.2, 0.25) is 0 Å². The van der Waals surface area contributed by atoms with Gasteiger partial charge in [0, 0.05) is 19.2 Å². The van der Waals surface area contributed by atoms with E-state index >= 15 is 0 Å². The van der Waals surface area contributed by atoms with Crippen LogP contribution in [0.15, 0.2) is 42.5 Å². The molecule has 1 atom stereocenters. The topological polar surface area (TPSA) is 99.7 Å². The van der Waals surface area contributed by atoms with Gasteiger partial charge in [0.1, 0.15) is 5.75 Å². The van der Waals surface area contributed by atoms with Crippen LogP contribution in [-0.2, 0) is 0 Å². The van der Waals surface area contributed by atoms with E-state index in [1.807, 2.05) is 31.2 Å². The Hall–Kier alpha value is -3.06. The van der Waals surface area contributed by atoms with Gasteiger partial charge in [-0.1, -0.05) is 29.8 Å². The highest BCUT2D eigenvalue weighted by atomic mass is 16.5. The van der Waals surface area contributed by atoms with E-state index in [9.17, 15) is 14.7 Å². The van der Waals surface area contributed by atoms with Gasteiger partial charge < -0.3 is 25.8 Å². The molecule has 7 heteroatoms. The van der Waals surface area contributed by atoms with Gasteiger partial charge in [-0.2, -0.15) is 0 Å². The van der Waals surface area contributed by atoms with E-state index in [0.717, 1.165) is 11.1 Å². The van der Waals surface area contributed by atoms with E-state index in [1.165, 1.54) is 14.2 Å². The number of ether oxygens (including phenoxy) is 1. The average Bonchev–Trinajstić information content (AvgIpc) is 2.67. The zero-order chi connectivity index (χ0) is 19.8. The molecule has 0 bridgehead atoms. The number of rotatable bonds is 7. The van der Waals surface area contributed by atoms with Gasteiger partial charge in [-0.3, -0.25) is 4.79 Å². The molecule has 0 saturated carbocycles. The van der Waals surface area contributed by atoms with Crippen LogP contribution >= 0.6 is 0 Å². The third-order valence-corrected chi connectivity index (χ3v) is 4.14. The van der Waals surface area contributed by atoms with Gasteiger partial charge in [0.15, 0.2) is 0 Å². The lowest BCUT2D eigenvalue weighted by atomic mass is 10.0. The number of carbonyl (C=O) groups is 2. The van der Waals surface area contributed by atoms with E-state index in [-0.39, 0.29) is 18.6 Å². The van der Waals surface area contributed by atoms with Crippen molar-refractivity contribution in [3.05, 3.63) is 59.2 Å². The maximum absolute atomic E-state index is 12.5. The second-order valence-electron chi connectivity index (χ2n) is 6.07. The SMILES string of the molecule is CNC(=O)c1ccc(OC)c(NC(=O)NC(CCO)c2ccc(C)cc2)c1. The normalized spacial score (nSPS) is 11.4. The van der Waals surface area contributed by atoms with Crippen molar-refractivity contribution in [2.24, 2.45) is 0 Å². The summed E-state index contributed by atoms with van der Waals surface area (Å²) in [6.07, 6.45) is 0.381. The minimum absolute atomic E-state index is 0.0612. The molecule has 0 spiro atoms. The number of methoxy groups -OCH3 is 1. The molecule has 0 fully saturated rings. The van der Waals surface area contributed by atoms with Crippen LogP contribution in [-0.4, -0.2) is 37.8 Å². The summed E-state index contributed by atoms with van der Waals surface area (Å²) in [4.78, 5) is 24.3. The smallest absolute Gasteiger partial charge is 0.319 e. The Morgan fingerprint density at radius 2 is 1.85 bits per heavy atom. The number of benzene rings is 2. The molecule has 0 radical (unpaired) electrons. The van der Waals surface area contributed by atoms with Crippen molar-refractivity contribution in [3.8, 4) is 5.75 Å². The lowest BCUT2D eigenvalue weighted by Gasteiger charge is -2.20. The molecule has 0 aromatic heterocycles. The molecule has 0 aliphatic carbocycles. The molecule has 4 N–H and O–H groups in total. The van der Waals surface area contributed by atoms with Crippen molar-refractivity contribution in [2.45, 2.75) is 19.4 Å². The van der Waals surface area contributed by atoms with Gasteiger partial charge in [-0.25, -0.2) is 4.79 Å². The fourth-order valence-electron chi connectivity index (χ4n) is 2.66. The Kier molecular flexibility index (Phi) is 7.19. The predicted molar refractivity (Wildman–Crippen MR) is 104 cm³/mol. The molecule has 2 aromatic carbocycles. The maximum Gasteiger partial charge on any atom is 0.319 e. The number of amides is 3. The highest BCUT2D eigenvalue weighted by Crippen LogP contribution is 2.26. The predicted octanol–water partition coefficient (Wildman–Crippen LogP) is 2.61. The molecule has 0 saturated heterocycles.